The second kappa shape index (κ2) is 5.74. The fourth-order valence-electron chi connectivity index (χ4n) is 2.43. The third kappa shape index (κ3) is 2.76. The lowest BCUT2D eigenvalue weighted by Gasteiger charge is -2.06. The molecule has 0 atom stereocenters. The van der Waals surface area contributed by atoms with Crippen LogP contribution in [0.25, 0.3) is 22.1 Å². The van der Waals surface area contributed by atoms with Crippen LogP contribution in [0, 0.1) is 0 Å². The van der Waals surface area contributed by atoms with Crippen LogP contribution in [0.1, 0.15) is 0 Å². The third-order valence-electron chi connectivity index (χ3n) is 3.56. The number of hydrogen-bond acceptors (Lipinski definition) is 4. The van der Waals surface area contributed by atoms with Gasteiger partial charge in [0.25, 0.3) is 6.01 Å². The second-order valence-corrected chi connectivity index (χ2v) is 5.50. The quantitative estimate of drug-likeness (QED) is 0.557. The van der Waals surface area contributed by atoms with E-state index < -0.39 is 0 Å². The molecule has 0 saturated carbocycles. The fraction of sp³-hybridized carbons (Fsp3) is 0. The van der Waals surface area contributed by atoms with Gasteiger partial charge in [-0.3, -0.25) is 4.98 Å². The maximum absolute atomic E-state index is 5.90. The molecule has 0 aliphatic carbocycles. The summed E-state index contributed by atoms with van der Waals surface area (Å²) in [5.41, 5.74) is 1.85. The number of nitrogens with zero attached hydrogens (tertiary/aromatic N) is 2. The van der Waals surface area contributed by atoms with Crippen molar-refractivity contribution in [3.63, 3.8) is 0 Å². The molecule has 23 heavy (non-hydrogen) atoms. The summed E-state index contributed by atoms with van der Waals surface area (Å²) in [4.78, 5) is 8.42. The van der Waals surface area contributed by atoms with Gasteiger partial charge in [-0.2, -0.15) is 0 Å². The van der Waals surface area contributed by atoms with Crippen molar-refractivity contribution in [2.24, 2.45) is 0 Å². The molecule has 0 saturated heterocycles. The lowest BCUT2D eigenvalue weighted by Crippen LogP contribution is -1.91. The SMILES string of the molecule is Clc1ccc(-c2cnc(Nc3cccc4cnccc34)o2)cc1. The molecule has 0 spiro atoms. The molecule has 4 rings (SSSR count). The Labute approximate surface area is 137 Å². The molecule has 0 radical (unpaired) electrons. The number of pyridine rings is 1. The molecule has 5 heteroatoms. The van der Waals surface area contributed by atoms with Crippen LogP contribution in [0.3, 0.4) is 0 Å². The van der Waals surface area contributed by atoms with Gasteiger partial charge in [0.05, 0.1) is 11.9 Å². The van der Waals surface area contributed by atoms with Crippen LogP contribution in [-0.2, 0) is 0 Å². The molecule has 112 valence electrons. The maximum atomic E-state index is 5.90. The summed E-state index contributed by atoms with van der Waals surface area (Å²) in [5.74, 6) is 0.686. The fourth-order valence-corrected chi connectivity index (χ4v) is 2.55. The van der Waals surface area contributed by atoms with Gasteiger partial charge in [-0.25, -0.2) is 4.98 Å². The summed E-state index contributed by atoms with van der Waals surface area (Å²) >= 11 is 5.90. The Hall–Kier alpha value is -2.85. The summed E-state index contributed by atoms with van der Waals surface area (Å²) in [7, 11) is 0. The number of fused-ring (bicyclic) bond motifs is 1. The van der Waals surface area contributed by atoms with E-state index in [1.54, 1.807) is 12.4 Å². The van der Waals surface area contributed by atoms with Gasteiger partial charge in [0.2, 0.25) is 0 Å². The van der Waals surface area contributed by atoms with Crippen molar-refractivity contribution in [1.82, 2.24) is 9.97 Å². The van der Waals surface area contributed by atoms with Gasteiger partial charge in [-0.05, 0) is 36.4 Å². The van der Waals surface area contributed by atoms with Gasteiger partial charge in [-0.1, -0.05) is 23.7 Å². The number of nitrogens with one attached hydrogen (secondary N) is 1. The Morgan fingerprint density at radius 2 is 1.83 bits per heavy atom. The zero-order valence-electron chi connectivity index (χ0n) is 12.0. The number of aromatic nitrogens is 2. The summed E-state index contributed by atoms with van der Waals surface area (Å²) in [6.45, 7) is 0. The predicted octanol–water partition coefficient (Wildman–Crippen LogP) is 5.29. The van der Waals surface area contributed by atoms with Crippen LogP contribution in [0.2, 0.25) is 5.02 Å². The van der Waals surface area contributed by atoms with E-state index in [1.165, 1.54) is 0 Å². The van der Waals surface area contributed by atoms with E-state index in [1.807, 2.05) is 54.7 Å². The Balaban J connectivity index is 1.66. The summed E-state index contributed by atoms with van der Waals surface area (Å²) in [6.07, 6.45) is 5.29. The molecule has 0 unspecified atom stereocenters. The first-order valence-electron chi connectivity index (χ1n) is 7.11. The molecular formula is C18H12ClN3O. The Bertz CT molecular complexity index is 958. The van der Waals surface area contributed by atoms with Crippen LogP contribution < -0.4 is 5.32 Å². The monoisotopic (exact) mass is 321 g/mol. The van der Waals surface area contributed by atoms with Crippen molar-refractivity contribution in [3.8, 4) is 11.3 Å². The van der Waals surface area contributed by atoms with Crippen molar-refractivity contribution in [2.75, 3.05) is 5.32 Å². The highest BCUT2D eigenvalue weighted by Gasteiger charge is 2.08. The van der Waals surface area contributed by atoms with Crippen molar-refractivity contribution >= 4 is 34.1 Å². The van der Waals surface area contributed by atoms with Crippen LogP contribution >= 0.6 is 11.6 Å². The molecule has 0 amide bonds. The minimum atomic E-state index is 0.444. The highest BCUT2D eigenvalue weighted by molar-refractivity contribution is 6.30. The van der Waals surface area contributed by atoms with Crippen molar-refractivity contribution in [2.45, 2.75) is 0 Å². The van der Waals surface area contributed by atoms with E-state index >= 15 is 0 Å². The Kier molecular flexibility index (Phi) is 3.44. The molecule has 0 bridgehead atoms. The van der Waals surface area contributed by atoms with E-state index in [9.17, 15) is 0 Å². The van der Waals surface area contributed by atoms with Crippen molar-refractivity contribution in [3.05, 3.63) is 72.1 Å². The standard InChI is InChI=1S/C18H12ClN3O/c19-14-6-4-12(5-7-14)17-11-21-18(23-17)22-16-3-1-2-13-10-20-9-8-15(13)16/h1-11H,(H,21,22). The minimum Gasteiger partial charge on any atom is -0.423 e. The Morgan fingerprint density at radius 1 is 0.957 bits per heavy atom. The molecule has 0 aliphatic rings. The molecule has 2 aromatic carbocycles. The van der Waals surface area contributed by atoms with Gasteiger partial charge in [0.15, 0.2) is 5.76 Å². The predicted molar refractivity (Wildman–Crippen MR) is 92.0 cm³/mol. The molecular weight excluding hydrogens is 310 g/mol. The van der Waals surface area contributed by atoms with Crippen LogP contribution in [0.4, 0.5) is 11.7 Å². The molecule has 4 nitrogen and oxygen atoms in total. The molecule has 2 heterocycles. The molecule has 2 aromatic heterocycles. The van der Waals surface area contributed by atoms with E-state index in [0.29, 0.717) is 16.8 Å². The number of oxazole rings is 1. The minimum absolute atomic E-state index is 0.444. The number of rotatable bonds is 3. The summed E-state index contributed by atoms with van der Waals surface area (Å²) in [6, 6.07) is 15.8. The molecule has 1 N–H and O–H groups in total. The van der Waals surface area contributed by atoms with Gasteiger partial charge in [0.1, 0.15) is 0 Å². The van der Waals surface area contributed by atoms with Crippen molar-refractivity contribution < 1.29 is 4.42 Å². The highest BCUT2D eigenvalue weighted by atomic mass is 35.5. The van der Waals surface area contributed by atoms with Crippen LogP contribution in [0.5, 0.6) is 0 Å². The van der Waals surface area contributed by atoms with Crippen LogP contribution in [-0.4, -0.2) is 9.97 Å². The average molecular weight is 322 g/mol. The summed E-state index contributed by atoms with van der Waals surface area (Å²) < 4.78 is 5.78. The van der Waals surface area contributed by atoms with Crippen LogP contribution in [0.15, 0.2) is 71.5 Å². The number of anilines is 2. The number of halogens is 1. The lowest BCUT2D eigenvalue weighted by atomic mass is 10.1. The normalized spacial score (nSPS) is 10.8. The van der Waals surface area contributed by atoms with Crippen molar-refractivity contribution in [1.29, 1.82) is 0 Å². The van der Waals surface area contributed by atoms with E-state index in [-0.39, 0.29) is 0 Å². The van der Waals surface area contributed by atoms with Gasteiger partial charge >= 0.3 is 0 Å². The van der Waals surface area contributed by atoms with Gasteiger partial charge in [-0.15, -0.1) is 0 Å². The first-order chi connectivity index (χ1) is 11.3. The molecule has 0 fully saturated rings. The topological polar surface area (TPSA) is 51.0 Å². The largest absolute Gasteiger partial charge is 0.423 e. The maximum Gasteiger partial charge on any atom is 0.299 e. The number of hydrogen-bond donors (Lipinski definition) is 1. The molecule has 4 aromatic rings. The first kappa shape index (κ1) is 13.8. The zero-order chi connectivity index (χ0) is 15.6. The number of benzene rings is 2. The van der Waals surface area contributed by atoms with E-state index in [4.69, 9.17) is 16.0 Å². The summed E-state index contributed by atoms with van der Waals surface area (Å²) in [5, 5.41) is 6.03. The average Bonchev–Trinajstić information content (AvgIpc) is 3.04. The first-order valence-corrected chi connectivity index (χ1v) is 7.49. The third-order valence-corrected chi connectivity index (χ3v) is 3.81. The highest BCUT2D eigenvalue weighted by Crippen LogP contribution is 2.28. The molecule has 0 aliphatic heterocycles. The van der Waals surface area contributed by atoms with Gasteiger partial charge < -0.3 is 9.73 Å². The smallest absolute Gasteiger partial charge is 0.299 e. The van der Waals surface area contributed by atoms with Gasteiger partial charge in [0, 0.05) is 33.8 Å². The second-order valence-electron chi connectivity index (χ2n) is 5.06. The zero-order valence-corrected chi connectivity index (χ0v) is 12.8. The van der Waals surface area contributed by atoms with E-state index in [0.717, 1.165) is 22.0 Å². The Morgan fingerprint density at radius 3 is 2.70 bits per heavy atom. The lowest BCUT2D eigenvalue weighted by molar-refractivity contribution is 0.592. The van der Waals surface area contributed by atoms with E-state index in [2.05, 4.69) is 15.3 Å².